The minimum absolute atomic E-state index is 0.0127. The van der Waals surface area contributed by atoms with Crippen molar-refractivity contribution in [1.29, 1.82) is 0 Å². The fraction of sp³-hybridized carbons (Fsp3) is 0.400. The van der Waals surface area contributed by atoms with E-state index < -0.39 is 5.97 Å². The van der Waals surface area contributed by atoms with Crippen molar-refractivity contribution in [2.24, 2.45) is 0 Å². The van der Waals surface area contributed by atoms with Gasteiger partial charge in [-0.15, -0.1) is 0 Å². The molecule has 5 heteroatoms. The second-order valence-electron chi connectivity index (χ2n) is 5.01. The fourth-order valence-electron chi connectivity index (χ4n) is 2.11. The Balaban J connectivity index is 2.17. The highest BCUT2D eigenvalue weighted by Crippen LogP contribution is 2.22. The predicted octanol–water partition coefficient (Wildman–Crippen LogP) is 3.31. The molecule has 0 saturated carbocycles. The van der Waals surface area contributed by atoms with Crippen LogP contribution in [0.15, 0.2) is 28.7 Å². The minimum Gasteiger partial charge on any atom is -0.475 e. The normalized spacial score (nSPS) is 13.0. The zero-order chi connectivity index (χ0) is 14.7. The maximum Gasteiger partial charge on any atom is 0.371 e. The van der Waals surface area contributed by atoms with Crippen molar-refractivity contribution < 1.29 is 14.3 Å². The van der Waals surface area contributed by atoms with Crippen LogP contribution in [0.25, 0.3) is 11.0 Å². The zero-order valence-corrected chi connectivity index (χ0v) is 12.7. The van der Waals surface area contributed by atoms with Crippen molar-refractivity contribution >= 4 is 28.7 Å². The molecular weight excluding hydrogens is 274 g/mol. The van der Waals surface area contributed by atoms with Gasteiger partial charge in [-0.3, -0.25) is 4.90 Å². The Morgan fingerprint density at radius 1 is 1.45 bits per heavy atom. The lowest BCUT2D eigenvalue weighted by atomic mass is 10.1. The Hall–Kier alpha value is -1.46. The van der Waals surface area contributed by atoms with E-state index in [0.29, 0.717) is 11.6 Å². The summed E-state index contributed by atoms with van der Waals surface area (Å²) in [4.78, 5) is 13.2. The van der Waals surface area contributed by atoms with E-state index in [4.69, 9.17) is 9.52 Å². The quantitative estimate of drug-likeness (QED) is 0.885. The molecule has 0 fully saturated rings. The third-order valence-corrected chi connectivity index (χ3v) is 4.20. The molecule has 4 nitrogen and oxygen atoms in total. The first kappa shape index (κ1) is 14.9. The standard InChI is InChI=1S/C15H19NO3S/c1-10(9-20-3)16(2)8-11-4-5-13-12(6-11)7-14(19-13)15(17)18/h4-7,10H,8-9H2,1-3H3,(H,17,18). The Kier molecular flexibility index (Phi) is 4.73. The molecule has 0 spiro atoms. The summed E-state index contributed by atoms with van der Waals surface area (Å²) >= 11 is 1.84. The van der Waals surface area contributed by atoms with Gasteiger partial charge in [0.25, 0.3) is 0 Å². The molecule has 0 bridgehead atoms. The monoisotopic (exact) mass is 293 g/mol. The molecule has 20 heavy (non-hydrogen) atoms. The predicted molar refractivity (Wildman–Crippen MR) is 82.5 cm³/mol. The zero-order valence-electron chi connectivity index (χ0n) is 11.9. The van der Waals surface area contributed by atoms with Crippen molar-refractivity contribution in [2.45, 2.75) is 19.5 Å². The molecule has 0 amide bonds. The van der Waals surface area contributed by atoms with Crippen LogP contribution in [0, 0.1) is 0 Å². The number of rotatable bonds is 6. The highest BCUT2D eigenvalue weighted by atomic mass is 32.2. The molecular formula is C15H19NO3S. The first-order chi connectivity index (χ1) is 9.51. The number of nitrogens with zero attached hydrogens (tertiary/aromatic N) is 1. The molecule has 2 aromatic rings. The average Bonchev–Trinajstić information content (AvgIpc) is 2.82. The number of hydrogen-bond acceptors (Lipinski definition) is 4. The van der Waals surface area contributed by atoms with Gasteiger partial charge in [0, 0.05) is 23.7 Å². The number of benzene rings is 1. The van der Waals surface area contributed by atoms with Crippen LogP contribution in [-0.2, 0) is 6.54 Å². The molecule has 1 unspecified atom stereocenters. The molecule has 0 radical (unpaired) electrons. The number of carboxylic acids is 1. The molecule has 1 N–H and O–H groups in total. The Morgan fingerprint density at radius 2 is 2.20 bits per heavy atom. The lowest BCUT2D eigenvalue weighted by Gasteiger charge is -2.24. The summed E-state index contributed by atoms with van der Waals surface area (Å²) in [7, 11) is 2.10. The highest BCUT2D eigenvalue weighted by Gasteiger charge is 2.12. The first-order valence-corrected chi connectivity index (χ1v) is 7.85. The lowest BCUT2D eigenvalue weighted by Crippen LogP contribution is -2.30. The van der Waals surface area contributed by atoms with Gasteiger partial charge >= 0.3 is 5.97 Å². The van der Waals surface area contributed by atoms with Gasteiger partial charge in [-0.05, 0) is 44.0 Å². The largest absolute Gasteiger partial charge is 0.475 e. The molecule has 1 aromatic carbocycles. The van der Waals surface area contributed by atoms with Crippen LogP contribution in [0.2, 0.25) is 0 Å². The molecule has 0 aliphatic carbocycles. The summed E-state index contributed by atoms with van der Waals surface area (Å²) in [5, 5.41) is 9.77. The van der Waals surface area contributed by atoms with E-state index >= 15 is 0 Å². The maximum atomic E-state index is 10.9. The Bertz CT molecular complexity index is 608. The van der Waals surface area contributed by atoms with Gasteiger partial charge in [0.1, 0.15) is 5.58 Å². The summed E-state index contributed by atoms with van der Waals surface area (Å²) < 4.78 is 5.26. The van der Waals surface area contributed by atoms with Crippen LogP contribution < -0.4 is 0 Å². The van der Waals surface area contributed by atoms with Crippen LogP contribution in [0.4, 0.5) is 0 Å². The summed E-state index contributed by atoms with van der Waals surface area (Å²) in [6.45, 7) is 3.04. The fourth-order valence-corrected chi connectivity index (χ4v) is 2.85. The molecule has 0 saturated heterocycles. The van der Waals surface area contributed by atoms with Crippen LogP contribution in [0.1, 0.15) is 23.0 Å². The first-order valence-electron chi connectivity index (χ1n) is 6.46. The summed E-state index contributed by atoms with van der Waals surface area (Å²) in [6, 6.07) is 7.89. The summed E-state index contributed by atoms with van der Waals surface area (Å²) in [5.41, 5.74) is 1.77. The van der Waals surface area contributed by atoms with Gasteiger partial charge < -0.3 is 9.52 Å². The van der Waals surface area contributed by atoms with E-state index in [1.807, 2.05) is 30.0 Å². The van der Waals surface area contributed by atoms with E-state index in [2.05, 4.69) is 25.1 Å². The number of furan rings is 1. The van der Waals surface area contributed by atoms with Gasteiger partial charge in [0.15, 0.2) is 0 Å². The number of aromatic carboxylic acids is 1. The van der Waals surface area contributed by atoms with E-state index in [0.717, 1.165) is 23.2 Å². The Labute approximate surface area is 122 Å². The molecule has 108 valence electrons. The smallest absolute Gasteiger partial charge is 0.371 e. The van der Waals surface area contributed by atoms with E-state index in [9.17, 15) is 4.79 Å². The number of carboxylic acid groups (broad SMARTS) is 1. The maximum absolute atomic E-state index is 10.9. The van der Waals surface area contributed by atoms with Crippen LogP contribution in [-0.4, -0.2) is 41.1 Å². The van der Waals surface area contributed by atoms with Gasteiger partial charge in [0.05, 0.1) is 0 Å². The topological polar surface area (TPSA) is 53.7 Å². The highest BCUT2D eigenvalue weighted by molar-refractivity contribution is 7.98. The third-order valence-electron chi connectivity index (χ3n) is 3.38. The summed E-state index contributed by atoms with van der Waals surface area (Å²) in [5.74, 6) is 0.0443. The second kappa shape index (κ2) is 6.33. The molecule has 0 aliphatic rings. The van der Waals surface area contributed by atoms with Crippen molar-refractivity contribution in [3.8, 4) is 0 Å². The molecule has 1 aromatic heterocycles. The minimum atomic E-state index is -1.03. The van der Waals surface area contributed by atoms with Crippen molar-refractivity contribution in [3.63, 3.8) is 0 Å². The van der Waals surface area contributed by atoms with Crippen LogP contribution in [0.3, 0.4) is 0 Å². The molecule has 2 rings (SSSR count). The van der Waals surface area contributed by atoms with Gasteiger partial charge in [-0.25, -0.2) is 4.79 Å². The Morgan fingerprint density at radius 3 is 2.85 bits per heavy atom. The van der Waals surface area contributed by atoms with E-state index in [1.165, 1.54) is 0 Å². The number of hydrogen-bond donors (Lipinski definition) is 1. The molecule has 1 atom stereocenters. The van der Waals surface area contributed by atoms with Crippen LogP contribution in [0.5, 0.6) is 0 Å². The number of carbonyl (C=O) groups is 1. The van der Waals surface area contributed by atoms with E-state index in [-0.39, 0.29) is 5.76 Å². The van der Waals surface area contributed by atoms with Crippen molar-refractivity contribution in [1.82, 2.24) is 4.90 Å². The van der Waals surface area contributed by atoms with Gasteiger partial charge in [-0.2, -0.15) is 11.8 Å². The average molecular weight is 293 g/mol. The molecule has 1 heterocycles. The SMILES string of the molecule is CSCC(C)N(C)Cc1ccc2oc(C(=O)O)cc2c1. The number of fused-ring (bicyclic) bond motifs is 1. The van der Waals surface area contributed by atoms with Gasteiger partial charge in [-0.1, -0.05) is 6.07 Å². The lowest BCUT2D eigenvalue weighted by molar-refractivity contribution is 0.0665. The third kappa shape index (κ3) is 3.35. The van der Waals surface area contributed by atoms with E-state index in [1.54, 1.807) is 6.07 Å². The van der Waals surface area contributed by atoms with Crippen molar-refractivity contribution in [3.05, 3.63) is 35.6 Å². The summed E-state index contributed by atoms with van der Waals surface area (Å²) in [6.07, 6.45) is 2.11. The van der Waals surface area contributed by atoms with Crippen molar-refractivity contribution in [2.75, 3.05) is 19.1 Å². The molecule has 0 aliphatic heterocycles. The van der Waals surface area contributed by atoms with Gasteiger partial charge in [0.2, 0.25) is 5.76 Å². The number of thioether (sulfide) groups is 1. The second-order valence-corrected chi connectivity index (χ2v) is 5.92. The van der Waals surface area contributed by atoms with Crippen LogP contribution >= 0.6 is 11.8 Å².